The Morgan fingerprint density at radius 3 is 2.29 bits per heavy atom. The van der Waals surface area contributed by atoms with E-state index in [1.807, 2.05) is 24.0 Å². The lowest BCUT2D eigenvalue weighted by Crippen LogP contribution is -2.50. The summed E-state index contributed by atoms with van der Waals surface area (Å²) >= 11 is 5.93. The van der Waals surface area contributed by atoms with Crippen LogP contribution in [0.1, 0.15) is 43.1 Å². The molecule has 2 amide bonds. The summed E-state index contributed by atoms with van der Waals surface area (Å²) in [6.45, 7) is 8.15. The fourth-order valence-electron chi connectivity index (χ4n) is 3.18. The van der Waals surface area contributed by atoms with Crippen LogP contribution in [0.25, 0.3) is 5.69 Å². The van der Waals surface area contributed by atoms with Crippen LogP contribution in [-0.4, -0.2) is 62.6 Å². The number of aromatic nitrogens is 3. The molecule has 0 bridgehead atoms. The number of nitrogens with zero attached hydrogens (tertiary/aromatic N) is 5. The Bertz CT molecular complexity index is 839. The van der Waals surface area contributed by atoms with Crippen LogP contribution in [0.5, 0.6) is 0 Å². The highest BCUT2D eigenvalue weighted by atomic mass is 35.5. The summed E-state index contributed by atoms with van der Waals surface area (Å²) in [5.41, 5.74) is 0.800. The number of carbonyl (C=O) groups is 2. The molecule has 3 rings (SSSR count). The number of rotatable bonds is 5. The number of benzene rings is 1. The van der Waals surface area contributed by atoms with Crippen molar-refractivity contribution in [1.29, 1.82) is 0 Å². The van der Waals surface area contributed by atoms with E-state index in [0.29, 0.717) is 49.4 Å². The molecule has 0 radical (unpaired) electrons. The molecule has 8 heteroatoms. The van der Waals surface area contributed by atoms with Crippen molar-refractivity contribution in [1.82, 2.24) is 24.6 Å². The van der Waals surface area contributed by atoms with Crippen LogP contribution in [0.15, 0.2) is 24.3 Å². The first kappa shape index (κ1) is 20.3. The van der Waals surface area contributed by atoms with Crippen molar-refractivity contribution < 1.29 is 9.59 Å². The Kier molecular flexibility index (Phi) is 6.34. The molecule has 150 valence electrons. The third-order valence-electron chi connectivity index (χ3n) is 4.89. The van der Waals surface area contributed by atoms with Crippen LogP contribution in [-0.2, 0) is 4.79 Å². The predicted octanol–water partition coefficient (Wildman–Crippen LogP) is 2.95. The molecule has 0 spiro atoms. The molecule has 0 aliphatic carbocycles. The van der Waals surface area contributed by atoms with E-state index in [-0.39, 0.29) is 17.6 Å². The molecule has 1 fully saturated rings. The van der Waals surface area contributed by atoms with E-state index in [9.17, 15) is 9.59 Å². The Morgan fingerprint density at radius 1 is 1.07 bits per heavy atom. The van der Waals surface area contributed by atoms with Crippen LogP contribution in [0.4, 0.5) is 0 Å². The molecular weight excluding hydrogens is 378 g/mol. The second kappa shape index (κ2) is 8.73. The maximum absolute atomic E-state index is 12.8. The van der Waals surface area contributed by atoms with Crippen molar-refractivity contribution in [3.8, 4) is 5.69 Å². The zero-order valence-corrected chi connectivity index (χ0v) is 17.3. The third kappa shape index (κ3) is 4.70. The second-order valence-corrected chi connectivity index (χ2v) is 7.91. The quantitative estimate of drug-likeness (QED) is 0.769. The molecule has 1 aliphatic rings. The van der Waals surface area contributed by atoms with Crippen LogP contribution in [0.2, 0.25) is 5.02 Å². The molecule has 1 aliphatic heterocycles. The molecule has 0 unspecified atom stereocenters. The second-order valence-electron chi connectivity index (χ2n) is 7.48. The summed E-state index contributed by atoms with van der Waals surface area (Å²) in [7, 11) is 0. The molecule has 0 atom stereocenters. The summed E-state index contributed by atoms with van der Waals surface area (Å²) in [4.78, 5) is 33.0. The topological polar surface area (TPSA) is 71.3 Å². The highest BCUT2D eigenvalue weighted by Crippen LogP contribution is 2.15. The fraction of sp³-hybridized carbons (Fsp3) is 0.500. The Balaban J connectivity index is 1.62. The Morgan fingerprint density at radius 2 is 1.68 bits per heavy atom. The lowest BCUT2D eigenvalue weighted by molar-refractivity contribution is -0.132. The number of aryl methyl sites for hydroxylation is 1. The molecule has 1 saturated heterocycles. The van der Waals surface area contributed by atoms with Crippen molar-refractivity contribution >= 4 is 23.4 Å². The lowest BCUT2D eigenvalue weighted by Gasteiger charge is -2.34. The first-order chi connectivity index (χ1) is 13.3. The van der Waals surface area contributed by atoms with Crippen molar-refractivity contribution in [2.45, 2.75) is 33.6 Å². The Labute approximate surface area is 170 Å². The van der Waals surface area contributed by atoms with Gasteiger partial charge in [-0.1, -0.05) is 25.4 Å². The zero-order chi connectivity index (χ0) is 20.3. The summed E-state index contributed by atoms with van der Waals surface area (Å²) in [6, 6.07) is 7.21. The summed E-state index contributed by atoms with van der Waals surface area (Å²) in [5, 5.41) is 5.02. The van der Waals surface area contributed by atoms with E-state index in [4.69, 9.17) is 11.6 Å². The minimum absolute atomic E-state index is 0.168. The van der Waals surface area contributed by atoms with Crippen molar-refractivity contribution in [2.75, 3.05) is 26.2 Å². The zero-order valence-electron chi connectivity index (χ0n) is 16.6. The predicted molar refractivity (Wildman–Crippen MR) is 108 cm³/mol. The summed E-state index contributed by atoms with van der Waals surface area (Å²) in [5.74, 6) is 1.28. The number of halogens is 1. The smallest absolute Gasteiger partial charge is 0.293 e. The molecule has 2 aromatic rings. The summed E-state index contributed by atoms with van der Waals surface area (Å²) in [6.07, 6.45) is 1.46. The average Bonchev–Trinajstić information content (AvgIpc) is 3.08. The van der Waals surface area contributed by atoms with Gasteiger partial charge in [-0.2, -0.15) is 0 Å². The molecule has 7 nitrogen and oxygen atoms in total. The number of hydrogen-bond donors (Lipinski definition) is 0. The SMILES string of the molecule is Cc1nc(C(=O)N2CCN(C(=O)CCC(C)C)CC2)nn1-c1ccc(Cl)cc1. The molecule has 1 aromatic carbocycles. The van der Waals surface area contributed by atoms with Gasteiger partial charge in [0, 0.05) is 37.6 Å². The van der Waals surface area contributed by atoms with Gasteiger partial charge < -0.3 is 9.80 Å². The van der Waals surface area contributed by atoms with Gasteiger partial charge in [-0.3, -0.25) is 9.59 Å². The van der Waals surface area contributed by atoms with Crippen LogP contribution in [0, 0.1) is 12.8 Å². The van der Waals surface area contributed by atoms with Crippen LogP contribution in [0.3, 0.4) is 0 Å². The van der Waals surface area contributed by atoms with Gasteiger partial charge in [0.05, 0.1) is 5.69 Å². The number of piperazine rings is 1. The molecule has 28 heavy (non-hydrogen) atoms. The van der Waals surface area contributed by atoms with Gasteiger partial charge in [-0.25, -0.2) is 9.67 Å². The van der Waals surface area contributed by atoms with Crippen LogP contribution < -0.4 is 0 Å². The maximum atomic E-state index is 12.8. The van der Waals surface area contributed by atoms with E-state index in [1.165, 1.54) is 0 Å². The van der Waals surface area contributed by atoms with Gasteiger partial charge in [0.1, 0.15) is 5.82 Å². The first-order valence-electron chi connectivity index (χ1n) is 9.62. The first-order valence-corrected chi connectivity index (χ1v) is 9.99. The highest BCUT2D eigenvalue weighted by Gasteiger charge is 2.27. The highest BCUT2D eigenvalue weighted by molar-refractivity contribution is 6.30. The Hall–Kier alpha value is -2.41. The molecule has 2 heterocycles. The normalized spacial score (nSPS) is 14.6. The summed E-state index contributed by atoms with van der Waals surface area (Å²) < 4.78 is 1.63. The molecule has 1 aromatic heterocycles. The minimum atomic E-state index is -0.204. The number of amides is 2. The molecule has 0 saturated carbocycles. The number of carbonyl (C=O) groups excluding carboxylic acids is 2. The van der Waals surface area contributed by atoms with Crippen LogP contribution >= 0.6 is 11.6 Å². The molecular formula is C20H26ClN5O2. The van der Waals surface area contributed by atoms with E-state index < -0.39 is 0 Å². The largest absolute Gasteiger partial charge is 0.339 e. The standard InChI is InChI=1S/C20H26ClN5O2/c1-14(2)4-9-18(27)24-10-12-25(13-11-24)20(28)19-22-15(3)26(23-19)17-7-5-16(21)6-8-17/h5-8,14H,4,9-13H2,1-3H3. The van der Waals surface area contributed by atoms with Crippen molar-refractivity contribution in [2.24, 2.45) is 5.92 Å². The van der Waals surface area contributed by atoms with Gasteiger partial charge in [0.15, 0.2) is 0 Å². The van der Waals surface area contributed by atoms with E-state index in [0.717, 1.165) is 12.1 Å². The van der Waals surface area contributed by atoms with E-state index >= 15 is 0 Å². The monoisotopic (exact) mass is 403 g/mol. The fourth-order valence-corrected chi connectivity index (χ4v) is 3.30. The van der Waals surface area contributed by atoms with Gasteiger partial charge >= 0.3 is 0 Å². The average molecular weight is 404 g/mol. The third-order valence-corrected chi connectivity index (χ3v) is 5.14. The van der Waals surface area contributed by atoms with Crippen molar-refractivity contribution in [3.05, 3.63) is 40.9 Å². The van der Waals surface area contributed by atoms with Gasteiger partial charge in [-0.05, 0) is 43.5 Å². The van der Waals surface area contributed by atoms with Gasteiger partial charge in [0.25, 0.3) is 5.91 Å². The number of hydrogen-bond acceptors (Lipinski definition) is 4. The lowest BCUT2D eigenvalue weighted by atomic mass is 10.1. The van der Waals surface area contributed by atoms with E-state index in [1.54, 1.807) is 21.7 Å². The van der Waals surface area contributed by atoms with Crippen molar-refractivity contribution in [3.63, 3.8) is 0 Å². The van der Waals surface area contributed by atoms with Gasteiger partial charge in [-0.15, -0.1) is 5.10 Å². The minimum Gasteiger partial charge on any atom is -0.339 e. The molecule has 0 N–H and O–H groups in total. The van der Waals surface area contributed by atoms with Gasteiger partial charge in [0.2, 0.25) is 11.7 Å². The maximum Gasteiger partial charge on any atom is 0.293 e. The van der Waals surface area contributed by atoms with E-state index in [2.05, 4.69) is 23.9 Å².